The number of rotatable bonds is 0. The van der Waals surface area contributed by atoms with Crippen molar-refractivity contribution in [1.82, 2.24) is 0 Å². The molecular formula is C8H18Cl2N+. The molecule has 0 unspecified atom stereocenters. The van der Waals surface area contributed by atoms with E-state index >= 15 is 0 Å². The van der Waals surface area contributed by atoms with Crippen molar-refractivity contribution >= 4 is 29.9 Å². The van der Waals surface area contributed by atoms with Gasteiger partial charge in [0.05, 0.1) is 0 Å². The van der Waals surface area contributed by atoms with Crippen molar-refractivity contribution in [3.63, 3.8) is 0 Å². The van der Waals surface area contributed by atoms with Crippen LogP contribution in [-0.4, -0.2) is 37.1 Å². The van der Waals surface area contributed by atoms with Crippen molar-refractivity contribution < 1.29 is 4.58 Å². The van der Waals surface area contributed by atoms with E-state index in [1.807, 2.05) is 0 Å². The van der Waals surface area contributed by atoms with Crippen LogP contribution < -0.4 is 0 Å². The Kier molecular flexibility index (Phi) is 16.2. The molecule has 0 aliphatic carbocycles. The summed E-state index contributed by atoms with van der Waals surface area (Å²) in [6.45, 7) is 6.25. The Hall–Kier alpha value is 0.250. The Morgan fingerprint density at radius 2 is 1.27 bits per heavy atom. The quantitative estimate of drug-likeness (QED) is 0.416. The van der Waals surface area contributed by atoms with E-state index in [0.717, 1.165) is 0 Å². The summed E-state index contributed by atoms with van der Waals surface area (Å²) in [5, 5.41) is 0. The second kappa shape index (κ2) is 12.9. The van der Waals surface area contributed by atoms with Crippen LogP contribution in [0.5, 0.6) is 0 Å². The van der Waals surface area contributed by atoms with Crippen molar-refractivity contribution in [3.8, 4) is 0 Å². The van der Waals surface area contributed by atoms with Crippen molar-refractivity contribution in [2.75, 3.05) is 25.9 Å². The fraction of sp³-hybridized carbons (Fsp3) is 0.875. The second-order valence-corrected chi connectivity index (χ2v) is 2.18. The van der Waals surface area contributed by atoms with Crippen molar-refractivity contribution in [2.24, 2.45) is 0 Å². The minimum atomic E-state index is 1.21. The largest absolute Gasteiger partial charge is 0.242 e. The van der Waals surface area contributed by atoms with E-state index in [-0.39, 0.29) is 0 Å². The molecule has 1 rings (SSSR count). The number of piperidine rings is 1. The van der Waals surface area contributed by atoms with E-state index in [2.05, 4.69) is 34.5 Å². The highest BCUT2D eigenvalue weighted by molar-refractivity contribution is 6.15. The average Bonchev–Trinajstić information content (AvgIpc) is 2.13. The van der Waals surface area contributed by atoms with E-state index in [0.29, 0.717) is 0 Å². The van der Waals surface area contributed by atoms with Gasteiger partial charge in [-0.3, -0.25) is 0 Å². The summed E-state index contributed by atoms with van der Waals surface area (Å²) < 4.78 is 2.14. The van der Waals surface area contributed by atoms with Gasteiger partial charge in [0.2, 0.25) is 0 Å². The summed E-state index contributed by atoms with van der Waals surface area (Å²) in [4.78, 5) is 0. The molecule has 1 aliphatic heterocycles. The summed E-state index contributed by atoms with van der Waals surface area (Å²) in [6, 6.07) is 0. The van der Waals surface area contributed by atoms with Crippen LogP contribution >= 0.6 is 23.2 Å². The van der Waals surface area contributed by atoms with Crippen LogP contribution in [-0.2, 0) is 0 Å². The Morgan fingerprint density at radius 1 is 0.909 bits per heavy atom. The van der Waals surface area contributed by atoms with Crippen LogP contribution in [0.25, 0.3) is 0 Å². The maximum absolute atomic E-state index is 4.64. The fourth-order valence-corrected chi connectivity index (χ4v) is 0.959. The topological polar surface area (TPSA) is 3.01 Å². The molecule has 0 N–H and O–H groups in total. The number of nitrogens with zero attached hydrogens (tertiary/aromatic N) is 1. The van der Waals surface area contributed by atoms with Gasteiger partial charge < -0.3 is 0 Å². The standard InChI is InChI=1S/C6H12N.2CH3Cl/c1-7-5-3-2-4-6-7;2*1-2/h1-6H2;2*1H3/q+1;;. The highest BCUT2D eigenvalue weighted by atomic mass is 35.5. The summed E-state index contributed by atoms with van der Waals surface area (Å²) in [5.41, 5.74) is 0. The first-order valence-corrected chi connectivity index (χ1v) is 5.22. The molecule has 1 aliphatic rings. The maximum atomic E-state index is 4.64. The second-order valence-electron chi connectivity index (χ2n) is 2.18. The number of alkyl halides is 2. The number of hydrogen-bond acceptors (Lipinski definition) is 0. The third-order valence-corrected chi connectivity index (χ3v) is 1.45. The lowest BCUT2D eigenvalue weighted by atomic mass is 10.2. The van der Waals surface area contributed by atoms with Gasteiger partial charge in [0.1, 0.15) is 19.8 Å². The molecule has 1 saturated heterocycles. The minimum Gasteiger partial charge on any atom is -0.242 e. The molecule has 0 aromatic heterocycles. The van der Waals surface area contributed by atoms with Gasteiger partial charge in [-0.2, -0.15) is 0 Å². The van der Waals surface area contributed by atoms with Crippen molar-refractivity contribution in [2.45, 2.75) is 19.3 Å². The van der Waals surface area contributed by atoms with Gasteiger partial charge in [-0.25, -0.2) is 4.58 Å². The van der Waals surface area contributed by atoms with Gasteiger partial charge in [-0.1, -0.05) is 0 Å². The highest BCUT2D eigenvalue weighted by Gasteiger charge is 2.05. The van der Waals surface area contributed by atoms with E-state index < -0.39 is 0 Å². The molecule has 0 radical (unpaired) electrons. The van der Waals surface area contributed by atoms with Crippen LogP contribution in [0.4, 0.5) is 0 Å². The molecule has 0 amide bonds. The van der Waals surface area contributed by atoms with Gasteiger partial charge in [0, 0.05) is 25.6 Å². The normalized spacial score (nSPS) is 15.5. The molecule has 0 aromatic rings. The molecule has 68 valence electrons. The first-order valence-electron chi connectivity index (χ1n) is 3.70. The molecule has 0 aromatic carbocycles. The lowest BCUT2D eigenvalue weighted by Crippen LogP contribution is -2.17. The van der Waals surface area contributed by atoms with Crippen molar-refractivity contribution in [3.05, 3.63) is 0 Å². The predicted molar refractivity (Wildman–Crippen MR) is 54.5 cm³/mol. The van der Waals surface area contributed by atoms with Gasteiger partial charge in [-0.05, 0) is 6.42 Å². The molecule has 0 saturated carbocycles. The average molecular weight is 199 g/mol. The summed E-state index contributed by atoms with van der Waals surface area (Å²) in [5.74, 6) is 0. The first-order chi connectivity index (χ1) is 5.39. The van der Waals surface area contributed by atoms with Gasteiger partial charge in [0.15, 0.2) is 0 Å². The molecule has 1 nitrogen and oxygen atoms in total. The molecule has 0 spiro atoms. The Balaban J connectivity index is 0. The Bertz CT molecular complexity index is 76.2. The molecule has 1 heterocycles. The number of hydrogen-bond donors (Lipinski definition) is 0. The third-order valence-electron chi connectivity index (χ3n) is 1.45. The zero-order valence-electron chi connectivity index (χ0n) is 7.45. The first kappa shape index (κ1) is 13.8. The third kappa shape index (κ3) is 10.2. The zero-order chi connectivity index (χ0) is 9.11. The van der Waals surface area contributed by atoms with Crippen molar-refractivity contribution in [1.29, 1.82) is 0 Å². The number of halogens is 2. The molecule has 1 fully saturated rings. The van der Waals surface area contributed by atoms with Gasteiger partial charge in [-0.15, -0.1) is 23.2 Å². The molecule has 0 atom stereocenters. The van der Waals surface area contributed by atoms with Gasteiger partial charge >= 0.3 is 0 Å². The smallest absolute Gasteiger partial charge is 0.142 e. The molecule has 3 heteroatoms. The van der Waals surface area contributed by atoms with E-state index in [9.17, 15) is 0 Å². The molecular weight excluding hydrogens is 181 g/mol. The SMILES string of the molecule is C=[N+]1CCCCC1.CCl.CCl. The van der Waals surface area contributed by atoms with Crippen LogP contribution in [0, 0.1) is 0 Å². The van der Waals surface area contributed by atoms with E-state index in [4.69, 9.17) is 0 Å². The Labute approximate surface area is 80.0 Å². The van der Waals surface area contributed by atoms with Crippen LogP contribution in [0.15, 0.2) is 0 Å². The highest BCUT2D eigenvalue weighted by Crippen LogP contribution is 2.01. The minimum absolute atomic E-state index is 1.21. The predicted octanol–water partition coefficient (Wildman–Crippen LogP) is 2.59. The van der Waals surface area contributed by atoms with Crippen LogP contribution in [0.3, 0.4) is 0 Å². The summed E-state index contributed by atoms with van der Waals surface area (Å²) in [6.07, 6.45) is 7.05. The fourth-order valence-electron chi connectivity index (χ4n) is 0.959. The lowest BCUT2D eigenvalue weighted by molar-refractivity contribution is -0.529. The monoisotopic (exact) mass is 198 g/mol. The van der Waals surface area contributed by atoms with Crippen LogP contribution in [0.2, 0.25) is 0 Å². The summed E-state index contributed by atoms with van der Waals surface area (Å²) >= 11 is 9.28. The van der Waals surface area contributed by atoms with E-state index in [1.165, 1.54) is 45.1 Å². The summed E-state index contributed by atoms with van der Waals surface area (Å²) in [7, 11) is 0. The molecule has 11 heavy (non-hydrogen) atoms. The maximum Gasteiger partial charge on any atom is 0.142 e. The Morgan fingerprint density at radius 3 is 1.45 bits per heavy atom. The van der Waals surface area contributed by atoms with E-state index in [1.54, 1.807) is 0 Å². The zero-order valence-corrected chi connectivity index (χ0v) is 8.96. The lowest BCUT2D eigenvalue weighted by Gasteiger charge is -2.05. The van der Waals surface area contributed by atoms with Crippen LogP contribution in [0.1, 0.15) is 19.3 Å². The molecule has 0 bridgehead atoms. The van der Waals surface area contributed by atoms with Gasteiger partial charge in [0.25, 0.3) is 0 Å².